The third-order valence-corrected chi connectivity index (χ3v) is 4.88. The van der Waals surface area contributed by atoms with Gasteiger partial charge in [0, 0.05) is 18.3 Å². The van der Waals surface area contributed by atoms with Crippen molar-refractivity contribution < 1.29 is 14.3 Å². The predicted molar refractivity (Wildman–Crippen MR) is 120 cm³/mol. The summed E-state index contributed by atoms with van der Waals surface area (Å²) >= 11 is 0. The van der Waals surface area contributed by atoms with Gasteiger partial charge in [0.2, 0.25) is 5.91 Å². The molecule has 8 heteroatoms. The Kier molecular flexibility index (Phi) is 5.53. The Morgan fingerprint density at radius 3 is 2.39 bits per heavy atom. The van der Waals surface area contributed by atoms with Gasteiger partial charge < -0.3 is 15.8 Å². The molecular weight excluding hydrogens is 394 g/mol. The molecule has 4 rings (SSSR count). The van der Waals surface area contributed by atoms with Crippen LogP contribution in [0.3, 0.4) is 0 Å². The van der Waals surface area contributed by atoms with Crippen LogP contribution < -0.4 is 11.1 Å². The molecule has 31 heavy (non-hydrogen) atoms. The number of unbranched alkanes of at least 4 members (excludes halogenated alkanes) is 1. The number of nitrogens with zero attached hydrogens (tertiary/aromatic N) is 3. The van der Waals surface area contributed by atoms with Crippen LogP contribution in [0.25, 0.3) is 27.9 Å². The number of fused-ring (bicyclic) bond motifs is 2. The van der Waals surface area contributed by atoms with E-state index in [0.717, 1.165) is 12.8 Å². The highest BCUT2D eigenvalue weighted by Crippen LogP contribution is 2.32. The molecule has 0 radical (unpaired) electrons. The number of aromatic nitrogens is 3. The van der Waals surface area contributed by atoms with Gasteiger partial charge in [-0.1, -0.05) is 25.5 Å². The first-order valence-corrected chi connectivity index (χ1v) is 10.1. The maximum absolute atomic E-state index is 12.9. The van der Waals surface area contributed by atoms with Crippen LogP contribution in [0.15, 0.2) is 48.5 Å². The van der Waals surface area contributed by atoms with Crippen molar-refractivity contribution in [1.29, 1.82) is 0 Å². The molecule has 0 bridgehead atoms. The molecule has 0 aliphatic carbocycles. The van der Waals surface area contributed by atoms with Gasteiger partial charge in [0.25, 0.3) is 0 Å². The normalized spacial score (nSPS) is 11.0. The van der Waals surface area contributed by atoms with Crippen molar-refractivity contribution in [2.45, 2.75) is 26.7 Å². The Labute approximate surface area is 179 Å². The van der Waals surface area contributed by atoms with Gasteiger partial charge in [0.15, 0.2) is 5.65 Å². The standard InChI is InChI=1S/C23H23N5O3/c1-3-4-13-31-23(30)19-20-22(27-18-8-6-5-7-17(18)26-20)28(21(19)24)16-11-9-15(10-12-16)25-14(2)29/h5-12H,3-4,13,24H2,1-2H3,(H,25,29). The molecule has 158 valence electrons. The van der Waals surface area contributed by atoms with E-state index in [1.54, 1.807) is 28.8 Å². The van der Waals surface area contributed by atoms with E-state index in [9.17, 15) is 9.59 Å². The third kappa shape index (κ3) is 3.92. The molecule has 0 fully saturated rings. The second-order valence-electron chi connectivity index (χ2n) is 7.20. The van der Waals surface area contributed by atoms with Crippen molar-refractivity contribution in [3.05, 3.63) is 54.1 Å². The summed E-state index contributed by atoms with van der Waals surface area (Å²) in [6.07, 6.45) is 1.68. The fraction of sp³-hybridized carbons (Fsp3) is 0.217. The number of ether oxygens (including phenoxy) is 1. The number of nitrogen functional groups attached to an aromatic ring is 1. The van der Waals surface area contributed by atoms with E-state index in [4.69, 9.17) is 15.5 Å². The van der Waals surface area contributed by atoms with Crippen LogP contribution in [0.2, 0.25) is 0 Å². The lowest BCUT2D eigenvalue weighted by atomic mass is 10.2. The first-order chi connectivity index (χ1) is 15.0. The summed E-state index contributed by atoms with van der Waals surface area (Å²) in [5.74, 6) is -0.471. The molecule has 0 unspecified atom stereocenters. The molecule has 8 nitrogen and oxygen atoms in total. The van der Waals surface area contributed by atoms with Gasteiger partial charge in [-0.3, -0.25) is 9.36 Å². The second-order valence-corrected chi connectivity index (χ2v) is 7.20. The van der Waals surface area contributed by atoms with E-state index in [2.05, 4.69) is 10.3 Å². The average molecular weight is 417 g/mol. The van der Waals surface area contributed by atoms with Crippen LogP contribution in [0, 0.1) is 0 Å². The zero-order chi connectivity index (χ0) is 22.0. The molecule has 2 aromatic heterocycles. The van der Waals surface area contributed by atoms with E-state index in [0.29, 0.717) is 40.2 Å². The Morgan fingerprint density at radius 2 is 1.74 bits per heavy atom. The van der Waals surface area contributed by atoms with E-state index < -0.39 is 5.97 Å². The van der Waals surface area contributed by atoms with Gasteiger partial charge in [-0.25, -0.2) is 14.8 Å². The number of amides is 1. The van der Waals surface area contributed by atoms with Crippen LogP contribution in [-0.2, 0) is 9.53 Å². The zero-order valence-corrected chi connectivity index (χ0v) is 17.4. The lowest BCUT2D eigenvalue weighted by Crippen LogP contribution is -2.10. The first-order valence-electron chi connectivity index (χ1n) is 10.1. The summed E-state index contributed by atoms with van der Waals surface area (Å²) in [6.45, 7) is 3.78. The van der Waals surface area contributed by atoms with Crippen molar-refractivity contribution in [3.63, 3.8) is 0 Å². The van der Waals surface area contributed by atoms with Gasteiger partial charge in [0.05, 0.1) is 17.6 Å². The smallest absolute Gasteiger partial charge is 0.344 e. The molecule has 0 spiro atoms. The number of para-hydroxylation sites is 2. The summed E-state index contributed by atoms with van der Waals surface area (Å²) in [5, 5.41) is 2.73. The monoisotopic (exact) mass is 417 g/mol. The lowest BCUT2D eigenvalue weighted by molar-refractivity contribution is -0.114. The van der Waals surface area contributed by atoms with Gasteiger partial charge in [-0.05, 0) is 42.8 Å². The fourth-order valence-corrected chi connectivity index (χ4v) is 3.40. The number of anilines is 2. The summed E-state index contributed by atoms with van der Waals surface area (Å²) < 4.78 is 7.12. The van der Waals surface area contributed by atoms with Crippen LogP contribution >= 0.6 is 0 Å². The molecular formula is C23H23N5O3. The van der Waals surface area contributed by atoms with Crippen molar-refractivity contribution in [1.82, 2.24) is 14.5 Å². The predicted octanol–water partition coefficient (Wildman–Crippen LogP) is 4.07. The Hall–Kier alpha value is -3.94. The third-order valence-electron chi connectivity index (χ3n) is 4.88. The lowest BCUT2D eigenvalue weighted by Gasteiger charge is -2.09. The fourth-order valence-electron chi connectivity index (χ4n) is 3.40. The number of benzene rings is 2. The highest BCUT2D eigenvalue weighted by atomic mass is 16.5. The minimum atomic E-state index is -0.519. The van der Waals surface area contributed by atoms with Crippen LogP contribution in [0.1, 0.15) is 37.0 Å². The van der Waals surface area contributed by atoms with Crippen LogP contribution in [0.4, 0.5) is 11.5 Å². The minimum Gasteiger partial charge on any atom is -0.462 e. The number of esters is 1. The maximum atomic E-state index is 12.9. The molecule has 2 aromatic carbocycles. The summed E-state index contributed by atoms with van der Waals surface area (Å²) in [7, 11) is 0. The number of hydrogen-bond donors (Lipinski definition) is 2. The molecule has 0 aliphatic heterocycles. The quantitative estimate of drug-likeness (QED) is 0.361. The topological polar surface area (TPSA) is 112 Å². The summed E-state index contributed by atoms with van der Waals surface area (Å²) in [4.78, 5) is 33.6. The van der Waals surface area contributed by atoms with Crippen LogP contribution in [0.5, 0.6) is 0 Å². The van der Waals surface area contributed by atoms with Gasteiger partial charge >= 0.3 is 5.97 Å². The summed E-state index contributed by atoms with van der Waals surface area (Å²) in [5.41, 5.74) is 10.2. The molecule has 0 aliphatic rings. The highest BCUT2D eigenvalue weighted by molar-refractivity contribution is 6.09. The minimum absolute atomic E-state index is 0.159. The molecule has 0 atom stereocenters. The maximum Gasteiger partial charge on any atom is 0.344 e. The van der Waals surface area contributed by atoms with Gasteiger partial charge in [0.1, 0.15) is 16.9 Å². The zero-order valence-electron chi connectivity index (χ0n) is 17.4. The summed E-state index contributed by atoms with van der Waals surface area (Å²) in [6, 6.07) is 14.5. The second kappa shape index (κ2) is 8.43. The van der Waals surface area contributed by atoms with Crippen molar-refractivity contribution in [2.24, 2.45) is 0 Å². The highest BCUT2D eigenvalue weighted by Gasteiger charge is 2.25. The molecule has 0 saturated carbocycles. The number of carbonyl (C=O) groups excluding carboxylic acids is 2. The van der Waals surface area contributed by atoms with E-state index >= 15 is 0 Å². The van der Waals surface area contributed by atoms with Crippen molar-refractivity contribution in [3.8, 4) is 5.69 Å². The number of nitrogens with one attached hydrogen (secondary N) is 1. The molecule has 3 N–H and O–H groups in total. The average Bonchev–Trinajstić information content (AvgIpc) is 3.03. The number of carbonyl (C=O) groups is 2. The van der Waals surface area contributed by atoms with Crippen LogP contribution in [-0.4, -0.2) is 33.0 Å². The number of rotatable bonds is 6. The Balaban J connectivity index is 1.89. The number of hydrogen-bond acceptors (Lipinski definition) is 6. The SMILES string of the molecule is CCCCOC(=O)c1c(N)n(-c2ccc(NC(C)=O)cc2)c2nc3ccccc3nc12. The van der Waals surface area contributed by atoms with E-state index in [1.165, 1.54) is 6.92 Å². The van der Waals surface area contributed by atoms with E-state index in [1.807, 2.05) is 31.2 Å². The largest absolute Gasteiger partial charge is 0.462 e. The molecule has 0 saturated heterocycles. The molecule has 1 amide bonds. The number of nitrogens with two attached hydrogens (primary N) is 1. The Morgan fingerprint density at radius 1 is 1.06 bits per heavy atom. The van der Waals surface area contributed by atoms with Gasteiger partial charge in [-0.2, -0.15) is 0 Å². The van der Waals surface area contributed by atoms with E-state index in [-0.39, 0.29) is 17.3 Å². The van der Waals surface area contributed by atoms with Crippen molar-refractivity contribution >= 4 is 45.6 Å². The Bertz CT molecular complexity index is 1280. The van der Waals surface area contributed by atoms with Crippen molar-refractivity contribution in [2.75, 3.05) is 17.7 Å². The molecule has 2 heterocycles. The molecule has 4 aromatic rings. The van der Waals surface area contributed by atoms with Gasteiger partial charge in [-0.15, -0.1) is 0 Å². The first kappa shape index (κ1) is 20.3.